The van der Waals surface area contributed by atoms with Crippen molar-refractivity contribution in [3.8, 4) is 11.1 Å². The van der Waals surface area contributed by atoms with Crippen molar-refractivity contribution in [3.63, 3.8) is 0 Å². The zero-order chi connectivity index (χ0) is 16.1. The molecule has 1 amide bonds. The summed E-state index contributed by atoms with van der Waals surface area (Å²) in [5.74, 6) is 0.0562. The molecule has 1 aromatic carbocycles. The number of carbonyl (C=O) groups excluding carboxylic acids is 1. The molecule has 4 heteroatoms. The molecule has 0 saturated carbocycles. The minimum atomic E-state index is -0.00754. The second-order valence-electron chi connectivity index (χ2n) is 5.99. The lowest BCUT2D eigenvalue weighted by Gasteiger charge is -2.16. The SMILES string of the molecule is C[C@@H](NC(=O)C[C@@H]1CCCO1)c1ccc(-c2cccnc2)cc1. The zero-order valence-corrected chi connectivity index (χ0v) is 13.4. The van der Waals surface area contributed by atoms with Crippen LogP contribution in [-0.2, 0) is 9.53 Å². The molecule has 0 unspecified atom stereocenters. The summed E-state index contributed by atoms with van der Waals surface area (Å²) in [7, 11) is 0. The third-order valence-electron chi connectivity index (χ3n) is 4.22. The van der Waals surface area contributed by atoms with Crippen LogP contribution in [0.25, 0.3) is 11.1 Å². The smallest absolute Gasteiger partial charge is 0.223 e. The number of ether oxygens (including phenoxy) is 1. The minimum absolute atomic E-state index is 0.00754. The lowest BCUT2D eigenvalue weighted by Crippen LogP contribution is -2.29. The van der Waals surface area contributed by atoms with E-state index < -0.39 is 0 Å². The largest absolute Gasteiger partial charge is 0.378 e. The van der Waals surface area contributed by atoms with E-state index in [4.69, 9.17) is 4.74 Å². The fourth-order valence-corrected chi connectivity index (χ4v) is 2.89. The first-order valence-corrected chi connectivity index (χ1v) is 8.14. The number of rotatable bonds is 5. The number of aromatic nitrogens is 1. The first kappa shape index (κ1) is 15.7. The van der Waals surface area contributed by atoms with Gasteiger partial charge in [-0.05, 0) is 42.5 Å². The average molecular weight is 310 g/mol. The van der Waals surface area contributed by atoms with Crippen LogP contribution in [0, 0.1) is 0 Å². The fraction of sp³-hybridized carbons (Fsp3) is 0.368. The van der Waals surface area contributed by atoms with Gasteiger partial charge >= 0.3 is 0 Å². The molecule has 1 fully saturated rings. The van der Waals surface area contributed by atoms with Gasteiger partial charge in [-0.3, -0.25) is 9.78 Å². The average Bonchev–Trinajstić information content (AvgIpc) is 3.08. The summed E-state index contributed by atoms with van der Waals surface area (Å²) in [6.45, 7) is 2.79. The number of hydrogen-bond acceptors (Lipinski definition) is 3. The van der Waals surface area contributed by atoms with E-state index >= 15 is 0 Å². The predicted octanol–water partition coefficient (Wildman–Crippen LogP) is 3.49. The molecule has 0 aliphatic carbocycles. The van der Waals surface area contributed by atoms with Gasteiger partial charge in [-0.1, -0.05) is 30.3 Å². The third kappa shape index (κ3) is 4.17. The Labute approximate surface area is 136 Å². The van der Waals surface area contributed by atoms with E-state index in [1.54, 1.807) is 6.20 Å². The highest BCUT2D eigenvalue weighted by molar-refractivity contribution is 5.77. The van der Waals surface area contributed by atoms with Crippen molar-refractivity contribution >= 4 is 5.91 Å². The molecule has 2 heterocycles. The Balaban J connectivity index is 1.59. The Morgan fingerprint density at radius 1 is 1.30 bits per heavy atom. The summed E-state index contributed by atoms with van der Waals surface area (Å²) < 4.78 is 5.51. The molecule has 4 nitrogen and oxygen atoms in total. The van der Waals surface area contributed by atoms with Gasteiger partial charge in [0.25, 0.3) is 0 Å². The maximum Gasteiger partial charge on any atom is 0.223 e. The van der Waals surface area contributed by atoms with Gasteiger partial charge in [-0.25, -0.2) is 0 Å². The summed E-state index contributed by atoms with van der Waals surface area (Å²) >= 11 is 0. The van der Waals surface area contributed by atoms with Gasteiger partial charge in [0, 0.05) is 19.0 Å². The molecular formula is C19H22N2O2. The van der Waals surface area contributed by atoms with Crippen molar-refractivity contribution in [1.82, 2.24) is 10.3 Å². The molecule has 0 bridgehead atoms. The maximum atomic E-state index is 12.1. The number of carbonyl (C=O) groups is 1. The van der Waals surface area contributed by atoms with Gasteiger partial charge < -0.3 is 10.1 Å². The van der Waals surface area contributed by atoms with E-state index in [1.165, 1.54) is 0 Å². The van der Waals surface area contributed by atoms with Gasteiger partial charge in [0.15, 0.2) is 0 Å². The highest BCUT2D eigenvalue weighted by Crippen LogP contribution is 2.21. The molecule has 2 atom stereocenters. The Morgan fingerprint density at radius 3 is 2.78 bits per heavy atom. The Kier molecular flexibility index (Phi) is 5.03. The van der Waals surface area contributed by atoms with Crippen molar-refractivity contribution in [1.29, 1.82) is 0 Å². The number of nitrogens with one attached hydrogen (secondary N) is 1. The van der Waals surface area contributed by atoms with Gasteiger partial charge in [0.05, 0.1) is 18.6 Å². The van der Waals surface area contributed by atoms with Crippen molar-refractivity contribution < 1.29 is 9.53 Å². The van der Waals surface area contributed by atoms with Gasteiger partial charge in [0.1, 0.15) is 0 Å². The lowest BCUT2D eigenvalue weighted by atomic mass is 10.0. The van der Waals surface area contributed by atoms with Crippen molar-refractivity contribution in [2.75, 3.05) is 6.61 Å². The van der Waals surface area contributed by atoms with Crippen LogP contribution in [0.3, 0.4) is 0 Å². The van der Waals surface area contributed by atoms with E-state index in [1.807, 2.05) is 25.3 Å². The molecular weight excluding hydrogens is 288 g/mol. The zero-order valence-electron chi connectivity index (χ0n) is 13.4. The van der Waals surface area contributed by atoms with Crippen LogP contribution in [-0.4, -0.2) is 23.6 Å². The minimum Gasteiger partial charge on any atom is -0.378 e. The number of nitrogens with zero attached hydrogens (tertiary/aromatic N) is 1. The number of hydrogen-bond donors (Lipinski definition) is 1. The Morgan fingerprint density at radius 2 is 2.13 bits per heavy atom. The van der Waals surface area contributed by atoms with Crippen molar-refractivity contribution in [3.05, 3.63) is 54.4 Å². The van der Waals surface area contributed by atoms with Crippen LogP contribution in [0.2, 0.25) is 0 Å². The summed E-state index contributed by atoms with van der Waals surface area (Å²) in [5, 5.41) is 3.05. The topological polar surface area (TPSA) is 51.2 Å². The van der Waals surface area contributed by atoms with Crippen LogP contribution in [0.5, 0.6) is 0 Å². The van der Waals surface area contributed by atoms with E-state index in [0.717, 1.165) is 36.1 Å². The maximum absolute atomic E-state index is 12.1. The Bertz CT molecular complexity index is 634. The van der Waals surface area contributed by atoms with Gasteiger partial charge in [-0.15, -0.1) is 0 Å². The van der Waals surface area contributed by atoms with E-state index in [-0.39, 0.29) is 18.1 Å². The first-order valence-electron chi connectivity index (χ1n) is 8.14. The third-order valence-corrected chi connectivity index (χ3v) is 4.22. The second-order valence-corrected chi connectivity index (χ2v) is 5.99. The molecule has 1 N–H and O–H groups in total. The molecule has 1 saturated heterocycles. The van der Waals surface area contributed by atoms with Crippen LogP contribution in [0.1, 0.15) is 37.8 Å². The molecule has 3 rings (SSSR count). The van der Waals surface area contributed by atoms with Crippen molar-refractivity contribution in [2.24, 2.45) is 0 Å². The summed E-state index contributed by atoms with van der Waals surface area (Å²) in [6.07, 6.45) is 6.21. The second kappa shape index (κ2) is 7.38. The molecule has 1 aliphatic rings. The van der Waals surface area contributed by atoms with E-state index in [2.05, 4.69) is 34.6 Å². The summed E-state index contributed by atoms with van der Waals surface area (Å²) in [6, 6.07) is 12.2. The van der Waals surface area contributed by atoms with Crippen molar-refractivity contribution in [2.45, 2.75) is 38.3 Å². The summed E-state index contributed by atoms with van der Waals surface area (Å²) in [5.41, 5.74) is 3.31. The monoisotopic (exact) mass is 310 g/mol. The molecule has 120 valence electrons. The molecule has 0 radical (unpaired) electrons. The molecule has 0 spiro atoms. The number of amides is 1. The quantitative estimate of drug-likeness (QED) is 0.919. The molecule has 2 aromatic rings. The standard InChI is InChI=1S/C19H22N2O2/c1-14(21-19(22)12-18-5-3-11-23-18)15-6-8-16(9-7-15)17-4-2-10-20-13-17/h2,4,6-10,13-14,18H,3,5,11-12H2,1H3,(H,21,22)/t14-,18+/m1/s1. The number of benzene rings is 1. The van der Waals surface area contributed by atoms with E-state index in [0.29, 0.717) is 6.42 Å². The first-order chi connectivity index (χ1) is 11.2. The van der Waals surface area contributed by atoms with Crippen LogP contribution < -0.4 is 5.32 Å². The Hall–Kier alpha value is -2.20. The lowest BCUT2D eigenvalue weighted by molar-refractivity contribution is -0.123. The van der Waals surface area contributed by atoms with Gasteiger partial charge in [-0.2, -0.15) is 0 Å². The van der Waals surface area contributed by atoms with Crippen LogP contribution >= 0.6 is 0 Å². The molecule has 23 heavy (non-hydrogen) atoms. The van der Waals surface area contributed by atoms with E-state index in [9.17, 15) is 4.79 Å². The molecule has 1 aliphatic heterocycles. The number of pyridine rings is 1. The highest BCUT2D eigenvalue weighted by Gasteiger charge is 2.20. The highest BCUT2D eigenvalue weighted by atomic mass is 16.5. The van der Waals surface area contributed by atoms with Crippen LogP contribution in [0.4, 0.5) is 0 Å². The molecule has 1 aromatic heterocycles. The normalized spacial score (nSPS) is 18.6. The summed E-state index contributed by atoms with van der Waals surface area (Å²) in [4.78, 5) is 16.2. The predicted molar refractivity (Wildman–Crippen MR) is 89.8 cm³/mol. The van der Waals surface area contributed by atoms with Gasteiger partial charge in [0.2, 0.25) is 5.91 Å². The van der Waals surface area contributed by atoms with Crippen LogP contribution in [0.15, 0.2) is 48.8 Å². The fourth-order valence-electron chi connectivity index (χ4n) is 2.89.